The van der Waals surface area contributed by atoms with Crippen LogP contribution in [0.15, 0.2) is 30.3 Å². The van der Waals surface area contributed by atoms with Crippen molar-refractivity contribution in [2.45, 2.75) is 39.2 Å². The van der Waals surface area contributed by atoms with E-state index in [4.69, 9.17) is 4.74 Å². The minimum atomic E-state index is 0.294. The van der Waals surface area contributed by atoms with Gasteiger partial charge in [0.2, 0.25) is 5.95 Å². The molecule has 2 aromatic rings. The molecule has 1 atom stereocenters. The summed E-state index contributed by atoms with van der Waals surface area (Å²) in [6.45, 7) is 5.79. The molecule has 2 heterocycles. The molecule has 1 fully saturated rings. The largest absolute Gasteiger partial charge is 0.376 e. The SMILES string of the molecule is CCc1ccccc1Nc1nc(C)cc(NCC2CCCO2)n1. The Morgan fingerprint density at radius 2 is 2.13 bits per heavy atom. The third-order valence-corrected chi connectivity index (χ3v) is 4.03. The topological polar surface area (TPSA) is 59.1 Å². The lowest BCUT2D eigenvalue weighted by Crippen LogP contribution is -2.19. The molecule has 3 rings (SSSR count). The van der Waals surface area contributed by atoms with Crippen LogP contribution < -0.4 is 10.6 Å². The second kappa shape index (κ2) is 7.42. The summed E-state index contributed by atoms with van der Waals surface area (Å²) in [6, 6.07) is 10.2. The Bertz CT molecular complexity index is 653. The molecule has 23 heavy (non-hydrogen) atoms. The summed E-state index contributed by atoms with van der Waals surface area (Å²) in [6.07, 6.45) is 3.53. The van der Waals surface area contributed by atoms with Crippen LogP contribution in [0.2, 0.25) is 0 Å². The average molecular weight is 312 g/mol. The highest BCUT2D eigenvalue weighted by Gasteiger charge is 2.15. The molecule has 1 aromatic carbocycles. The fraction of sp³-hybridized carbons (Fsp3) is 0.444. The van der Waals surface area contributed by atoms with E-state index < -0.39 is 0 Å². The molecule has 0 amide bonds. The molecule has 0 spiro atoms. The van der Waals surface area contributed by atoms with Crippen molar-refractivity contribution >= 4 is 17.5 Å². The monoisotopic (exact) mass is 312 g/mol. The van der Waals surface area contributed by atoms with Crippen molar-refractivity contribution in [3.63, 3.8) is 0 Å². The normalized spacial score (nSPS) is 17.2. The second-order valence-corrected chi connectivity index (χ2v) is 5.87. The van der Waals surface area contributed by atoms with Gasteiger partial charge in [0.15, 0.2) is 0 Å². The minimum Gasteiger partial charge on any atom is -0.376 e. The summed E-state index contributed by atoms with van der Waals surface area (Å²) in [5.41, 5.74) is 3.25. The van der Waals surface area contributed by atoms with Crippen LogP contribution in [0.25, 0.3) is 0 Å². The maximum Gasteiger partial charge on any atom is 0.229 e. The number of hydrogen-bond donors (Lipinski definition) is 2. The predicted octanol–water partition coefficient (Wildman–Crippen LogP) is 3.68. The van der Waals surface area contributed by atoms with E-state index in [-0.39, 0.29) is 0 Å². The number of para-hydroxylation sites is 1. The van der Waals surface area contributed by atoms with E-state index >= 15 is 0 Å². The van der Waals surface area contributed by atoms with Crippen molar-refractivity contribution < 1.29 is 4.74 Å². The molecule has 0 aliphatic carbocycles. The number of nitrogens with zero attached hydrogens (tertiary/aromatic N) is 2. The lowest BCUT2D eigenvalue weighted by molar-refractivity contribution is 0.120. The maximum absolute atomic E-state index is 5.64. The quantitative estimate of drug-likeness (QED) is 0.852. The molecule has 0 saturated carbocycles. The maximum atomic E-state index is 5.64. The van der Waals surface area contributed by atoms with Crippen molar-refractivity contribution in [1.29, 1.82) is 0 Å². The lowest BCUT2D eigenvalue weighted by Gasteiger charge is -2.14. The number of aryl methyl sites for hydroxylation is 2. The van der Waals surface area contributed by atoms with Gasteiger partial charge in [-0.2, -0.15) is 4.98 Å². The first-order valence-corrected chi connectivity index (χ1v) is 8.30. The van der Waals surface area contributed by atoms with Crippen LogP contribution in [0, 0.1) is 6.92 Å². The number of rotatable bonds is 6. The van der Waals surface area contributed by atoms with Crippen LogP contribution >= 0.6 is 0 Å². The molecule has 1 aromatic heterocycles. The average Bonchev–Trinajstić information content (AvgIpc) is 3.06. The highest BCUT2D eigenvalue weighted by atomic mass is 16.5. The lowest BCUT2D eigenvalue weighted by atomic mass is 10.1. The highest BCUT2D eigenvalue weighted by Crippen LogP contribution is 2.21. The Labute approximate surface area is 137 Å². The van der Waals surface area contributed by atoms with Crippen LogP contribution in [0.4, 0.5) is 17.5 Å². The Morgan fingerprint density at radius 1 is 1.26 bits per heavy atom. The Morgan fingerprint density at radius 3 is 2.91 bits per heavy atom. The van der Waals surface area contributed by atoms with Crippen LogP contribution in [0.1, 0.15) is 31.0 Å². The van der Waals surface area contributed by atoms with E-state index in [1.165, 1.54) is 5.56 Å². The van der Waals surface area contributed by atoms with Crippen molar-refractivity contribution in [3.8, 4) is 0 Å². The molecule has 5 heteroatoms. The van der Waals surface area contributed by atoms with E-state index in [2.05, 4.69) is 45.7 Å². The molecule has 1 aliphatic rings. The number of hydrogen-bond acceptors (Lipinski definition) is 5. The van der Waals surface area contributed by atoms with Gasteiger partial charge in [0.25, 0.3) is 0 Å². The summed E-state index contributed by atoms with van der Waals surface area (Å²) >= 11 is 0. The van der Waals surface area contributed by atoms with Gasteiger partial charge in [-0.1, -0.05) is 25.1 Å². The molecular formula is C18H24N4O. The Kier molecular flexibility index (Phi) is 5.08. The summed E-state index contributed by atoms with van der Waals surface area (Å²) in [5.74, 6) is 1.46. The first-order chi connectivity index (χ1) is 11.2. The second-order valence-electron chi connectivity index (χ2n) is 5.87. The van der Waals surface area contributed by atoms with E-state index in [0.717, 1.165) is 49.6 Å². The number of ether oxygens (including phenoxy) is 1. The minimum absolute atomic E-state index is 0.294. The summed E-state index contributed by atoms with van der Waals surface area (Å²) in [5, 5.41) is 6.71. The fourth-order valence-electron chi connectivity index (χ4n) is 2.81. The predicted molar refractivity (Wildman–Crippen MR) is 93.3 cm³/mol. The fourth-order valence-corrected chi connectivity index (χ4v) is 2.81. The van der Waals surface area contributed by atoms with Gasteiger partial charge in [0.05, 0.1) is 6.10 Å². The third-order valence-electron chi connectivity index (χ3n) is 4.03. The van der Waals surface area contributed by atoms with Crippen LogP contribution in [-0.2, 0) is 11.2 Å². The zero-order valence-electron chi connectivity index (χ0n) is 13.8. The smallest absolute Gasteiger partial charge is 0.229 e. The molecular weight excluding hydrogens is 288 g/mol. The zero-order chi connectivity index (χ0) is 16.1. The molecule has 122 valence electrons. The Balaban J connectivity index is 1.71. The third kappa shape index (κ3) is 4.20. The van der Waals surface area contributed by atoms with Crippen molar-refractivity contribution in [2.75, 3.05) is 23.8 Å². The number of nitrogens with one attached hydrogen (secondary N) is 2. The molecule has 0 bridgehead atoms. The van der Waals surface area contributed by atoms with E-state index in [9.17, 15) is 0 Å². The Hall–Kier alpha value is -2.14. The number of aromatic nitrogens is 2. The summed E-state index contributed by atoms with van der Waals surface area (Å²) in [4.78, 5) is 9.07. The number of benzene rings is 1. The molecule has 5 nitrogen and oxygen atoms in total. The molecule has 0 radical (unpaired) electrons. The van der Waals surface area contributed by atoms with Crippen LogP contribution in [0.5, 0.6) is 0 Å². The van der Waals surface area contributed by atoms with Gasteiger partial charge in [-0.3, -0.25) is 0 Å². The number of anilines is 3. The summed E-state index contributed by atoms with van der Waals surface area (Å²) in [7, 11) is 0. The van der Waals surface area contributed by atoms with Gasteiger partial charge in [0.1, 0.15) is 5.82 Å². The van der Waals surface area contributed by atoms with E-state index in [0.29, 0.717) is 12.1 Å². The van der Waals surface area contributed by atoms with E-state index in [1.807, 2.05) is 19.1 Å². The molecule has 2 N–H and O–H groups in total. The van der Waals surface area contributed by atoms with Crippen LogP contribution in [-0.4, -0.2) is 29.2 Å². The van der Waals surface area contributed by atoms with Gasteiger partial charge >= 0.3 is 0 Å². The van der Waals surface area contributed by atoms with Crippen molar-refractivity contribution in [2.24, 2.45) is 0 Å². The van der Waals surface area contributed by atoms with E-state index in [1.54, 1.807) is 0 Å². The van der Waals surface area contributed by atoms with Gasteiger partial charge in [-0.25, -0.2) is 4.98 Å². The molecule has 1 saturated heterocycles. The van der Waals surface area contributed by atoms with Crippen molar-refractivity contribution in [3.05, 3.63) is 41.6 Å². The van der Waals surface area contributed by atoms with Crippen molar-refractivity contribution in [1.82, 2.24) is 9.97 Å². The van der Waals surface area contributed by atoms with Gasteiger partial charge in [-0.15, -0.1) is 0 Å². The highest BCUT2D eigenvalue weighted by molar-refractivity contribution is 5.59. The molecule has 1 aliphatic heterocycles. The molecule has 1 unspecified atom stereocenters. The zero-order valence-corrected chi connectivity index (χ0v) is 13.8. The summed E-state index contributed by atoms with van der Waals surface area (Å²) < 4.78 is 5.64. The van der Waals surface area contributed by atoms with Gasteiger partial charge in [0, 0.05) is 30.6 Å². The first kappa shape index (κ1) is 15.7. The standard InChI is InChI=1S/C18H24N4O/c1-3-14-7-4-5-9-16(14)21-18-20-13(2)11-17(22-18)19-12-15-8-6-10-23-15/h4-5,7,9,11,15H,3,6,8,10,12H2,1-2H3,(H2,19,20,21,22). The van der Waals surface area contributed by atoms with Gasteiger partial charge in [-0.05, 0) is 37.8 Å². The van der Waals surface area contributed by atoms with Gasteiger partial charge < -0.3 is 15.4 Å². The first-order valence-electron chi connectivity index (χ1n) is 8.30. The van der Waals surface area contributed by atoms with Crippen LogP contribution in [0.3, 0.4) is 0 Å².